The number of carbonyl (C=O) groups is 1. The molecule has 0 aliphatic rings. The smallest absolute Gasteiger partial charge is 0.306 e. The number of carboxylic acid groups (broad SMARTS) is 1. The Bertz CT molecular complexity index is 135. The summed E-state index contributed by atoms with van der Waals surface area (Å²) in [6, 6.07) is 0. The van der Waals surface area contributed by atoms with E-state index in [0.29, 0.717) is 6.42 Å². The quantitative estimate of drug-likeness (QED) is 0.536. The molecule has 2 unspecified atom stereocenters. The monoisotopic (exact) mass is 176 g/mol. The zero-order chi connectivity index (χ0) is 9.56. The van der Waals surface area contributed by atoms with Gasteiger partial charge in [0.25, 0.3) is 0 Å². The van der Waals surface area contributed by atoms with Gasteiger partial charge in [-0.05, 0) is 18.8 Å². The average Bonchev–Trinajstić information content (AvgIpc) is 1.99. The van der Waals surface area contributed by atoms with Gasteiger partial charge in [0.2, 0.25) is 0 Å². The fraction of sp³-hybridized carbons (Fsp3) is 0.875. The second-order valence-corrected chi connectivity index (χ2v) is 2.95. The summed E-state index contributed by atoms with van der Waals surface area (Å²) >= 11 is 0. The van der Waals surface area contributed by atoms with Gasteiger partial charge in [0.05, 0.1) is 5.92 Å². The maximum Gasteiger partial charge on any atom is 0.306 e. The number of rotatable bonds is 6. The molecule has 4 nitrogen and oxygen atoms in total. The minimum Gasteiger partial charge on any atom is -0.481 e. The van der Waals surface area contributed by atoms with Crippen molar-refractivity contribution in [2.45, 2.75) is 19.8 Å². The lowest BCUT2D eigenvalue weighted by Crippen LogP contribution is -2.23. The molecule has 0 aromatic carbocycles. The van der Waals surface area contributed by atoms with Crippen LogP contribution in [0.2, 0.25) is 0 Å². The van der Waals surface area contributed by atoms with Crippen LogP contribution in [0.3, 0.4) is 0 Å². The summed E-state index contributed by atoms with van der Waals surface area (Å²) in [5, 5.41) is 25.9. The van der Waals surface area contributed by atoms with Gasteiger partial charge in [0, 0.05) is 13.2 Å². The molecular formula is C8H16O4. The summed E-state index contributed by atoms with van der Waals surface area (Å²) in [6.45, 7) is 1.65. The Morgan fingerprint density at radius 3 is 2.08 bits per heavy atom. The molecule has 0 aliphatic heterocycles. The highest BCUT2D eigenvalue weighted by molar-refractivity contribution is 5.70. The molecule has 12 heavy (non-hydrogen) atoms. The first kappa shape index (κ1) is 11.4. The van der Waals surface area contributed by atoms with Crippen LogP contribution in [0, 0.1) is 11.8 Å². The van der Waals surface area contributed by atoms with E-state index in [1.165, 1.54) is 0 Å². The van der Waals surface area contributed by atoms with E-state index >= 15 is 0 Å². The predicted octanol–water partition coefficient (Wildman–Crippen LogP) is 0.0881. The standard InChI is InChI=1S/C8H16O4/c1-6(2-4-9)7(3-5-10)8(11)12/h6-7,9-10H,2-5H2,1H3,(H,11,12). The fourth-order valence-electron chi connectivity index (χ4n) is 1.20. The first-order valence-electron chi connectivity index (χ1n) is 4.08. The van der Waals surface area contributed by atoms with Gasteiger partial charge in [-0.1, -0.05) is 6.92 Å². The molecule has 0 aromatic rings. The molecule has 0 bridgehead atoms. The summed E-state index contributed by atoms with van der Waals surface area (Å²) in [4.78, 5) is 10.6. The predicted molar refractivity (Wildman–Crippen MR) is 43.7 cm³/mol. The molecule has 0 aliphatic carbocycles. The molecule has 2 atom stereocenters. The Hall–Kier alpha value is -0.610. The van der Waals surface area contributed by atoms with Gasteiger partial charge in [-0.2, -0.15) is 0 Å². The molecule has 0 aromatic heterocycles. The minimum atomic E-state index is -0.898. The largest absolute Gasteiger partial charge is 0.481 e. The van der Waals surface area contributed by atoms with Crippen LogP contribution >= 0.6 is 0 Å². The lowest BCUT2D eigenvalue weighted by Gasteiger charge is -2.17. The van der Waals surface area contributed by atoms with Crippen molar-refractivity contribution in [3.8, 4) is 0 Å². The minimum absolute atomic E-state index is 0.00360. The third-order valence-corrected chi connectivity index (χ3v) is 2.03. The number of aliphatic hydroxyl groups is 2. The van der Waals surface area contributed by atoms with E-state index < -0.39 is 11.9 Å². The van der Waals surface area contributed by atoms with E-state index in [9.17, 15) is 4.79 Å². The maximum atomic E-state index is 10.6. The van der Waals surface area contributed by atoms with Gasteiger partial charge in [-0.3, -0.25) is 4.79 Å². The molecule has 0 radical (unpaired) electrons. The van der Waals surface area contributed by atoms with E-state index in [-0.39, 0.29) is 25.6 Å². The first-order valence-corrected chi connectivity index (χ1v) is 4.08. The second-order valence-electron chi connectivity index (χ2n) is 2.95. The van der Waals surface area contributed by atoms with Crippen LogP contribution in [0.1, 0.15) is 19.8 Å². The van der Waals surface area contributed by atoms with E-state index in [1.54, 1.807) is 6.92 Å². The molecule has 0 spiro atoms. The van der Waals surface area contributed by atoms with Crippen LogP contribution in [0.4, 0.5) is 0 Å². The van der Waals surface area contributed by atoms with Crippen molar-refractivity contribution in [3.63, 3.8) is 0 Å². The van der Waals surface area contributed by atoms with Gasteiger partial charge in [0.15, 0.2) is 0 Å². The Morgan fingerprint density at radius 1 is 1.25 bits per heavy atom. The molecule has 3 N–H and O–H groups in total. The van der Waals surface area contributed by atoms with Crippen molar-refractivity contribution in [2.75, 3.05) is 13.2 Å². The molecular weight excluding hydrogens is 160 g/mol. The van der Waals surface area contributed by atoms with Gasteiger partial charge >= 0.3 is 5.97 Å². The zero-order valence-electron chi connectivity index (χ0n) is 7.23. The third kappa shape index (κ3) is 3.69. The highest BCUT2D eigenvalue weighted by Crippen LogP contribution is 2.18. The molecule has 0 fully saturated rings. The molecule has 0 rings (SSSR count). The van der Waals surface area contributed by atoms with Crippen molar-refractivity contribution < 1.29 is 20.1 Å². The van der Waals surface area contributed by atoms with Crippen LogP contribution in [-0.2, 0) is 4.79 Å². The lowest BCUT2D eigenvalue weighted by atomic mass is 9.89. The first-order chi connectivity index (χ1) is 5.63. The zero-order valence-corrected chi connectivity index (χ0v) is 7.23. The summed E-state index contributed by atoms with van der Waals surface area (Å²) in [5.41, 5.74) is 0. The fourth-order valence-corrected chi connectivity index (χ4v) is 1.20. The van der Waals surface area contributed by atoms with Gasteiger partial charge in [0.1, 0.15) is 0 Å². The number of carboxylic acids is 1. The number of hydrogen-bond acceptors (Lipinski definition) is 3. The van der Waals surface area contributed by atoms with E-state index in [1.807, 2.05) is 0 Å². The Kier molecular flexibility index (Phi) is 5.66. The molecule has 0 saturated heterocycles. The van der Waals surface area contributed by atoms with Crippen LogP contribution < -0.4 is 0 Å². The van der Waals surface area contributed by atoms with Crippen LogP contribution in [0.15, 0.2) is 0 Å². The Morgan fingerprint density at radius 2 is 1.75 bits per heavy atom. The Labute approximate surface area is 71.8 Å². The number of aliphatic carboxylic acids is 1. The highest BCUT2D eigenvalue weighted by atomic mass is 16.4. The third-order valence-electron chi connectivity index (χ3n) is 2.03. The molecule has 0 saturated carbocycles. The van der Waals surface area contributed by atoms with Gasteiger partial charge in [-0.25, -0.2) is 0 Å². The van der Waals surface area contributed by atoms with Crippen molar-refractivity contribution in [1.82, 2.24) is 0 Å². The number of hydrogen-bond donors (Lipinski definition) is 3. The van der Waals surface area contributed by atoms with Crippen LogP contribution in [0.5, 0.6) is 0 Å². The maximum absolute atomic E-state index is 10.6. The summed E-state index contributed by atoms with van der Waals surface area (Å²) in [7, 11) is 0. The topological polar surface area (TPSA) is 77.8 Å². The molecule has 0 amide bonds. The van der Waals surface area contributed by atoms with Crippen LogP contribution in [0.25, 0.3) is 0 Å². The Balaban J connectivity index is 3.99. The van der Waals surface area contributed by atoms with E-state index in [2.05, 4.69) is 0 Å². The summed E-state index contributed by atoms with van der Waals surface area (Å²) in [5.74, 6) is -1.52. The van der Waals surface area contributed by atoms with Crippen molar-refractivity contribution in [3.05, 3.63) is 0 Å². The van der Waals surface area contributed by atoms with Crippen molar-refractivity contribution in [2.24, 2.45) is 11.8 Å². The number of aliphatic hydroxyl groups excluding tert-OH is 2. The molecule has 0 heterocycles. The summed E-state index contributed by atoms with van der Waals surface area (Å²) in [6.07, 6.45) is 0.730. The van der Waals surface area contributed by atoms with Crippen LogP contribution in [-0.4, -0.2) is 34.5 Å². The van der Waals surface area contributed by atoms with Crippen molar-refractivity contribution >= 4 is 5.97 Å². The highest BCUT2D eigenvalue weighted by Gasteiger charge is 2.23. The summed E-state index contributed by atoms with van der Waals surface area (Å²) < 4.78 is 0. The second kappa shape index (κ2) is 5.97. The van der Waals surface area contributed by atoms with E-state index in [0.717, 1.165) is 0 Å². The van der Waals surface area contributed by atoms with Crippen molar-refractivity contribution in [1.29, 1.82) is 0 Å². The average molecular weight is 176 g/mol. The normalized spacial score (nSPS) is 15.6. The van der Waals surface area contributed by atoms with Gasteiger partial charge < -0.3 is 15.3 Å². The van der Waals surface area contributed by atoms with E-state index in [4.69, 9.17) is 15.3 Å². The molecule has 4 heteroatoms. The van der Waals surface area contributed by atoms with Gasteiger partial charge in [-0.15, -0.1) is 0 Å². The SMILES string of the molecule is CC(CCO)C(CCO)C(=O)O. The lowest BCUT2D eigenvalue weighted by molar-refractivity contribution is -0.144. The molecule has 72 valence electrons.